The first-order chi connectivity index (χ1) is 9.90. The van der Waals surface area contributed by atoms with Crippen LogP contribution in [0.4, 0.5) is 15.8 Å². The fourth-order valence-electron chi connectivity index (χ4n) is 2.63. The zero-order chi connectivity index (χ0) is 15.6. The molecule has 114 valence electrons. The van der Waals surface area contributed by atoms with E-state index in [1.165, 1.54) is 6.07 Å². The van der Waals surface area contributed by atoms with Gasteiger partial charge in [-0.1, -0.05) is 11.6 Å². The lowest BCUT2D eigenvalue weighted by atomic mass is 9.98. The van der Waals surface area contributed by atoms with Gasteiger partial charge in [0.1, 0.15) is 11.5 Å². The summed E-state index contributed by atoms with van der Waals surface area (Å²) in [6, 6.07) is 1.63. The molecule has 0 bridgehead atoms. The molecule has 21 heavy (non-hydrogen) atoms. The Kier molecular flexibility index (Phi) is 4.62. The number of rotatable bonds is 4. The van der Waals surface area contributed by atoms with Gasteiger partial charge in [0.2, 0.25) is 0 Å². The van der Waals surface area contributed by atoms with Crippen molar-refractivity contribution in [2.45, 2.75) is 31.7 Å². The van der Waals surface area contributed by atoms with E-state index in [9.17, 15) is 19.3 Å². The van der Waals surface area contributed by atoms with Gasteiger partial charge in [-0.3, -0.25) is 14.9 Å². The fraction of sp³-hybridized carbons (Fsp3) is 0.462. The molecule has 1 N–H and O–H groups in total. The summed E-state index contributed by atoms with van der Waals surface area (Å²) >= 11 is 5.72. The van der Waals surface area contributed by atoms with Crippen LogP contribution in [0.25, 0.3) is 0 Å². The number of aliphatic carboxylic acids is 1. The van der Waals surface area contributed by atoms with Crippen LogP contribution in [-0.4, -0.2) is 28.6 Å². The number of hydrogen-bond acceptors (Lipinski definition) is 4. The zero-order valence-corrected chi connectivity index (χ0v) is 11.8. The Hall–Kier alpha value is -1.89. The second kappa shape index (κ2) is 6.26. The number of nitro groups is 1. The molecule has 1 aliphatic rings. The second-order valence-corrected chi connectivity index (χ2v) is 5.36. The third-order valence-electron chi connectivity index (χ3n) is 3.56. The van der Waals surface area contributed by atoms with E-state index in [1.54, 1.807) is 4.90 Å². The van der Waals surface area contributed by atoms with E-state index in [-0.39, 0.29) is 23.2 Å². The van der Waals surface area contributed by atoms with E-state index < -0.39 is 22.4 Å². The minimum absolute atomic E-state index is 0.119. The first-order valence-electron chi connectivity index (χ1n) is 6.52. The van der Waals surface area contributed by atoms with E-state index in [0.717, 1.165) is 18.9 Å². The highest BCUT2D eigenvalue weighted by atomic mass is 35.5. The van der Waals surface area contributed by atoms with Crippen molar-refractivity contribution in [2.75, 3.05) is 11.4 Å². The molecule has 0 aliphatic carbocycles. The molecular formula is C13H14ClFN2O4. The summed E-state index contributed by atoms with van der Waals surface area (Å²) < 4.78 is 13.4. The number of benzene rings is 1. The summed E-state index contributed by atoms with van der Waals surface area (Å²) in [5, 5.41) is 19.9. The number of carbonyl (C=O) groups is 1. The number of halogens is 2. The molecular weight excluding hydrogens is 303 g/mol. The topological polar surface area (TPSA) is 83.7 Å². The average Bonchev–Trinajstić information content (AvgIpc) is 2.41. The standard InChI is InChI=1S/C13H14ClFN2O4/c14-9-6-11(12(17(20)21)7-10(9)15)16-4-2-1-3-8(16)5-13(18)19/h6-8H,1-5H2,(H,18,19). The van der Waals surface area contributed by atoms with Crippen LogP contribution < -0.4 is 4.90 Å². The first-order valence-corrected chi connectivity index (χ1v) is 6.90. The van der Waals surface area contributed by atoms with E-state index in [0.29, 0.717) is 13.0 Å². The third-order valence-corrected chi connectivity index (χ3v) is 3.85. The summed E-state index contributed by atoms with van der Waals surface area (Å²) in [6.45, 7) is 0.487. The predicted octanol–water partition coefficient (Wildman–Crippen LogP) is 3.22. The average molecular weight is 317 g/mol. The van der Waals surface area contributed by atoms with Crippen molar-refractivity contribution >= 4 is 28.9 Å². The highest BCUT2D eigenvalue weighted by molar-refractivity contribution is 6.31. The van der Waals surface area contributed by atoms with Gasteiger partial charge in [0.25, 0.3) is 5.69 Å². The van der Waals surface area contributed by atoms with Crippen molar-refractivity contribution in [3.63, 3.8) is 0 Å². The molecule has 1 atom stereocenters. The molecule has 0 saturated carbocycles. The van der Waals surface area contributed by atoms with Crippen LogP contribution in [0, 0.1) is 15.9 Å². The van der Waals surface area contributed by atoms with Crippen LogP contribution >= 0.6 is 11.6 Å². The zero-order valence-electron chi connectivity index (χ0n) is 11.1. The molecule has 6 nitrogen and oxygen atoms in total. The quantitative estimate of drug-likeness (QED) is 0.681. The molecule has 0 aromatic heterocycles. The van der Waals surface area contributed by atoms with Gasteiger partial charge in [-0.05, 0) is 25.3 Å². The lowest BCUT2D eigenvalue weighted by molar-refractivity contribution is -0.384. The number of hydrogen-bond donors (Lipinski definition) is 1. The van der Waals surface area contributed by atoms with Crippen molar-refractivity contribution < 1.29 is 19.2 Å². The van der Waals surface area contributed by atoms with Gasteiger partial charge in [0.15, 0.2) is 0 Å². The van der Waals surface area contributed by atoms with Gasteiger partial charge in [-0.2, -0.15) is 0 Å². The van der Waals surface area contributed by atoms with Gasteiger partial charge in [-0.25, -0.2) is 4.39 Å². The molecule has 2 rings (SSSR count). The lowest BCUT2D eigenvalue weighted by Crippen LogP contribution is -2.41. The SMILES string of the molecule is O=C(O)CC1CCCCN1c1cc(Cl)c(F)cc1[N+](=O)[O-]. The van der Waals surface area contributed by atoms with Gasteiger partial charge in [0.05, 0.1) is 22.4 Å². The van der Waals surface area contributed by atoms with Crippen LogP contribution in [0.5, 0.6) is 0 Å². The van der Waals surface area contributed by atoms with Crippen LogP contribution in [0.3, 0.4) is 0 Å². The molecule has 1 aromatic carbocycles. The Bertz CT molecular complexity index is 582. The van der Waals surface area contributed by atoms with Gasteiger partial charge < -0.3 is 10.0 Å². The van der Waals surface area contributed by atoms with E-state index >= 15 is 0 Å². The predicted molar refractivity (Wildman–Crippen MR) is 75.3 cm³/mol. The number of nitro benzene ring substituents is 1. The van der Waals surface area contributed by atoms with Crippen LogP contribution in [0.1, 0.15) is 25.7 Å². The van der Waals surface area contributed by atoms with Gasteiger partial charge >= 0.3 is 5.97 Å². The number of piperidine rings is 1. The summed E-state index contributed by atoms with van der Waals surface area (Å²) in [5.41, 5.74) is -0.216. The number of carboxylic acid groups (broad SMARTS) is 1. The largest absolute Gasteiger partial charge is 0.481 e. The Morgan fingerprint density at radius 1 is 1.52 bits per heavy atom. The molecule has 0 spiro atoms. The summed E-state index contributed by atoms with van der Waals surface area (Å²) in [5.74, 6) is -1.83. The lowest BCUT2D eigenvalue weighted by Gasteiger charge is -2.36. The van der Waals surface area contributed by atoms with E-state index in [2.05, 4.69) is 0 Å². The Labute approximate surface area is 125 Å². The first kappa shape index (κ1) is 15.5. The Morgan fingerprint density at radius 2 is 2.24 bits per heavy atom. The van der Waals surface area contributed by atoms with Crippen molar-refractivity contribution in [3.8, 4) is 0 Å². The number of anilines is 1. The second-order valence-electron chi connectivity index (χ2n) is 4.95. The van der Waals surface area contributed by atoms with Gasteiger partial charge in [0, 0.05) is 12.6 Å². The van der Waals surface area contributed by atoms with Crippen LogP contribution in [0.15, 0.2) is 12.1 Å². The van der Waals surface area contributed by atoms with Crippen LogP contribution in [0.2, 0.25) is 5.02 Å². The summed E-state index contributed by atoms with van der Waals surface area (Å²) in [7, 11) is 0. The maximum Gasteiger partial charge on any atom is 0.305 e. The molecule has 1 fully saturated rings. The maximum atomic E-state index is 13.4. The molecule has 1 aliphatic heterocycles. The molecule has 1 aromatic rings. The normalized spacial score (nSPS) is 18.6. The van der Waals surface area contributed by atoms with Crippen molar-refractivity contribution in [1.82, 2.24) is 0 Å². The summed E-state index contributed by atoms with van der Waals surface area (Å²) in [4.78, 5) is 23.0. The Balaban J connectivity index is 2.44. The minimum atomic E-state index is -0.970. The molecule has 0 radical (unpaired) electrons. The molecule has 1 heterocycles. The van der Waals surface area contributed by atoms with E-state index in [1.807, 2.05) is 0 Å². The maximum absolute atomic E-state index is 13.4. The monoisotopic (exact) mass is 316 g/mol. The highest BCUT2D eigenvalue weighted by Gasteiger charge is 2.30. The minimum Gasteiger partial charge on any atom is -0.481 e. The highest BCUT2D eigenvalue weighted by Crippen LogP contribution is 2.37. The molecule has 1 saturated heterocycles. The van der Waals surface area contributed by atoms with Gasteiger partial charge in [-0.15, -0.1) is 0 Å². The number of carboxylic acids is 1. The van der Waals surface area contributed by atoms with Crippen LogP contribution in [-0.2, 0) is 4.79 Å². The van der Waals surface area contributed by atoms with Crippen molar-refractivity contribution in [2.24, 2.45) is 0 Å². The third kappa shape index (κ3) is 3.41. The fourth-order valence-corrected chi connectivity index (χ4v) is 2.79. The molecule has 0 amide bonds. The molecule has 1 unspecified atom stereocenters. The Morgan fingerprint density at radius 3 is 2.86 bits per heavy atom. The van der Waals surface area contributed by atoms with Crippen molar-refractivity contribution in [1.29, 1.82) is 0 Å². The van der Waals surface area contributed by atoms with Crippen molar-refractivity contribution in [3.05, 3.63) is 33.1 Å². The van der Waals surface area contributed by atoms with E-state index in [4.69, 9.17) is 16.7 Å². The summed E-state index contributed by atoms with van der Waals surface area (Å²) in [6.07, 6.45) is 2.16. The molecule has 8 heteroatoms. The smallest absolute Gasteiger partial charge is 0.305 e. The number of nitrogens with zero attached hydrogens (tertiary/aromatic N) is 2.